The number of thioether (sulfide) groups is 1. The molecular formula is C25H23Cl2N5O2S2. The van der Waals surface area contributed by atoms with E-state index in [2.05, 4.69) is 21.5 Å². The molecular weight excluding hydrogens is 537 g/mol. The lowest BCUT2D eigenvalue weighted by molar-refractivity contribution is 0.400. The highest BCUT2D eigenvalue weighted by atomic mass is 35.5. The number of aliphatic imine (C=N–C) groups is 1. The monoisotopic (exact) mass is 559 g/mol. The summed E-state index contributed by atoms with van der Waals surface area (Å²) >= 11 is 13.2. The van der Waals surface area contributed by atoms with Gasteiger partial charge in [-0.1, -0.05) is 77.4 Å². The highest BCUT2D eigenvalue weighted by Crippen LogP contribution is 2.30. The molecule has 186 valence electrons. The molecule has 0 bridgehead atoms. The number of nitrogens with two attached hydrogens (primary N) is 1. The van der Waals surface area contributed by atoms with Crippen molar-refractivity contribution in [2.45, 2.75) is 17.2 Å². The topological polar surface area (TPSA) is 100 Å². The van der Waals surface area contributed by atoms with E-state index >= 15 is 0 Å². The number of benzene rings is 3. The summed E-state index contributed by atoms with van der Waals surface area (Å²) < 4.78 is 30.2. The summed E-state index contributed by atoms with van der Waals surface area (Å²) in [7, 11) is -4.10. The second kappa shape index (κ2) is 11.5. The van der Waals surface area contributed by atoms with E-state index in [0.717, 1.165) is 16.8 Å². The van der Waals surface area contributed by atoms with Gasteiger partial charge in [-0.3, -0.25) is 0 Å². The SMILES string of the molecule is CS/C(N)=N\C(=N\S(=O)(=O)c1ccc(Cl)cc1)N1CCC(c2ccccc2)C(c2ccc(Cl)cc2)=N1. The van der Waals surface area contributed by atoms with Crippen molar-refractivity contribution in [2.75, 3.05) is 12.8 Å². The summed E-state index contributed by atoms with van der Waals surface area (Å²) in [4.78, 5) is 4.28. The van der Waals surface area contributed by atoms with Crippen LogP contribution in [0.1, 0.15) is 23.5 Å². The molecule has 1 aliphatic heterocycles. The lowest BCUT2D eigenvalue weighted by Gasteiger charge is -2.30. The molecule has 2 N–H and O–H groups in total. The molecule has 1 atom stereocenters. The van der Waals surface area contributed by atoms with Crippen molar-refractivity contribution in [1.82, 2.24) is 5.01 Å². The summed E-state index contributed by atoms with van der Waals surface area (Å²) in [5.74, 6) is -0.130. The zero-order valence-electron chi connectivity index (χ0n) is 19.3. The molecule has 36 heavy (non-hydrogen) atoms. The van der Waals surface area contributed by atoms with Crippen molar-refractivity contribution in [1.29, 1.82) is 0 Å². The molecule has 3 aromatic rings. The maximum atomic E-state index is 13.1. The quantitative estimate of drug-likeness (QED) is 0.330. The summed E-state index contributed by atoms with van der Waals surface area (Å²) in [6.45, 7) is 0.386. The van der Waals surface area contributed by atoms with E-state index in [-0.39, 0.29) is 21.9 Å². The van der Waals surface area contributed by atoms with Crippen molar-refractivity contribution >= 4 is 61.8 Å². The zero-order valence-corrected chi connectivity index (χ0v) is 22.4. The first-order valence-electron chi connectivity index (χ1n) is 10.9. The van der Waals surface area contributed by atoms with Crippen molar-refractivity contribution in [2.24, 2.45) is 20.2 Å². The van der Waals surface area contributed by atoms with Gasteiger partial charge in [-0.25, -0.2) is 5.01 Å². The van der Waals surface area contributed by atoms with Gasteiger partial charge in [-0.05, 0) is 60.2 Å². The highest BCUT2D eigenvalue weighted by Gasteiger charge is 2.29. The molecule has 0 saturated carbocycles. The van der Waals surface area contributed by atoms with E-state index in [1.54, 1.807) is 18.4 Å². The minimum absolute atomic E-state index is 0.0107. The smallest absolute Gasteiger partial charge is 0.285 e. The van der Waals surface area contributed by atoms with Gasteiger partial charge in [0.1, 0.15) is 0 Å². The summed E-state index contributed by atoms with van der Waals surface area (Å²) in [5.41, 5.74) is 8.68. The molecule has 1 aliphatic rings. The van der Waals surface area contributed by atoms with Crippen LogP contribution in [0.2, 0.25) is 10.0 Å². The van der Waals surface area contributed by atoms with E-state index in [1.165, 1.54) is 41.0 Å². The minimum atomic E-state index is -4.10. The predicted molar refractivity (Wildman–Crippen MR) is 150 cm³/mol. The predicted octanol–water partition coefficient (Wildman–Crippen LogP) is 5.61. The second-order valence-electron chi connectivity index (χ2n) is 7.84. The average Bonchev–Trinajstić information content (AvgIpc) is 2.89. The van der Waals surface area contributed by atoms with Crippen LogP contribution in [-0.2, 0) is 10.0 Å². The Morgan fingerprint density at radius 2 is 1.61 bits per heavy atom. The number of sulfonamides is 1. The first-order chi connectivity index (χ1) is 17.3. The number of hydrazone groups is 1. The Labute approximate surface area is 224 Å². The van der Waals surface area contributed by atoms with Gasteiger partial charge in [0.15, 0.2) is 5.17 Å². The zero-order chi connectivity index (χ0) is 25.7. The summed E-state index contributed by atoms with van der Waals surface area (Å²) in [6, 6.07) is 23.2. The molecule has 0 radical (unpaired) electrons. The van der Waals surface area contributed by atoms with Crippen molar-refractivity contribution in [3.8, 4) is 0 Å². The number of amidine groups is 1. The van der Waals surface area contributed by atoms with Gasteiger partial charge in [-0.2, -0.15) is 18.5 Å². The lowest BCUT2D eigenvalue weighted by Crippen LogP contribution is -2.36. The Hall–Kier alpha value is -2.85. The molecule has 0 spiro atoms. The Kier molecular flexibility index (Phi) is 8.35. The molecule has 3 aromatic carbocycles. The van der Waals surface area contributed by atoms with Crippen LogP contribution >= 0.6 is 35.0 Å². The third-order valence-electron chi connectivity index (χ3n) is 5.49. The first-order valence-corrected chi connectivity index (χ1v) is 14.3. The van der Waals surface area contributed by atoms with Crippen molar-refractivity contribution < 1.29 is 8.42 Å². The normalized spacial score (nSPS) is 17.1. The number of halogens is 2. The van der Waals surface area contributed by atoms with Gasteiger partial charge < -0.3 is 5.73 Å². The van der Waals surface area contributed by atoms with Crippen LogP contribution < -0.4 is 5.73 Å². The first kappa shape index (κ1) is 26.2. The molecule has 4 rings (SSSR count). The fraction of sp³-hybridized carbons (Fsp3) is 0.160. The second-order valence-corrected chi connectivity index (χ2v) is 11.1. The van der Waals surface area contributed by atoms with Crippen molar-refractivity contribution in [3.63, 3.8) is 0 Å². The van der Waals surface area contributed by atoms with Gasteiger partial charge in [0.2, 0.25) is 0 Å². The van der Waals surface area contributed by atoms with Gasteiger partial charge >= 0.3 is 0 Å². The summed E-state index contributed by atoms with van der Waals surface area (Å²) in [6.07, 6.45) is 2.40. The van der Waals surface area contributed by atoms with E-state index in [0.29, 0.717) is 23.0 Å². The van der Waals surface area contributed by atoms with Gasteiger partial charge in [0, 0.05) is 22.5 Å². The van der Waals surface area contributed by atoms with Crippen LogP contribution in [0, 0.1) is 0 Å². The lowest BCUT2D eigenvalue weighted by atomic mass is 9.86. The van der Waals surface area contributed by atoms with Crippen LogP contribution in [0.3, 0.4) is 0 Å². The molecule has 0 saturated heterocycles. The third-order valence-corrected chi connectivity index (χ3v) is 7.78. The largest absolute Gasteiger partial charge is 0.378 e. The van der Waals surface area contributed by atoms with Crippen molar-refractivity contribution in [3.05, 3.63) is 100 Å². The molecule has 1 unspecified atom stereocenters. The highest BCUT2D eigenvalue weighted by molar-refractivity contribution is 8.13. The van der Waals surface area contributed by atoms with Gasteiger partial charge in [0.05, 0.1) is 10.6 Å². The van der Waals surface area contributed by atoms with E-state index < -0.39 is 10.0 Å². The molecule has 1 heterocycles. The van der Waals surface area contributed by atoms with Crippen LogP contribution in [0.25, 0.3) is 0 Å². The minimum Gasteiger partial charge on any atom is -0.378 e. The Bertz CT molecular complexity index is 1410. The van der Waals surface area contributed by atoms with Crippen LogP contribution in [0.5, 0.6) is 0 Å². The number of hydrogen-bond donors (Lipinski definition) is 1. The van der Waals surface area contributed by atoms with E-state index in [9.17, 15) is 8.42 Å². The molecule has 0 amide bonds. The third kappa shape index (κ3) is 6.28. The van der Waals surface area contributed by atoms with Crippen LogP contribution in [-0.4, -0.2) is 43.1 Å². The maximum absolute atomic E-state index is 13.1. The number of guanidine groups is 1. The molecule has 7 nitrogen and oxygen atoms in total. The maximum Gasteiger partial charge on any atom is 0.285 e. The number of rotatable bonds is 4. The Balaban J connectivity index is 1.82. The Morgan fingerprint density at radius 1 is 1.00 bits per heavy atom. The molecule has 11 heteroatoms. The standard InChI is InChI=1S/C25H23Cl2N5O2S2/c1-35-24(28)29-25(31-36(33,34)21-13-11-20(27)12-14-21)32-16-15-22(17-5-3-2-4-6-17)23(30-32)18-7-9-19(26)10-8-18/h2-14,22H,15-16H2,1H3,(H2,28,29,31). The fourth-order valence-corrected chi connectivity index (χ4v) is 5.07. The number of hydrogen-bond acceptors (Lipinski definition) is 4. The van der Waals surface area contributed by atoms with Gasteiger partial charge in [-0.15, -0.1) is 4.40 Å². The van der Waals surface area contributed by atoms with E-state index in [1.807, 2.05) is 30.3 Å². The van der Waals surface area contributed by atoms with Crippen LogP contribution in [0.4, 0.5) is 0 Å². The van der Waals surface area contributed by atoms with Gasteiger partial charge in [0.25, 0.3) is 16.0 Å². The molecule has 0 aliphatic carbocycles. The van der Waals surface area contributed by atoms with Crippen LogP contribution in [0.15, 0.2) is 98.2 Å². The molecule has 0 fully saturated rings. The number of nitrogens with zero attached hydrogens (tertiary/aromatic N) is 4. The fourth-order valence-electron chi connectivity index (χ4n) is 3.71. The average molecular weight is 561 g/mol. The van der Waals surface area contributed by atoms with E-state index in [4.69, 9.17) is 34.0 Å². The Morgan fingerprint density at radius 3 is 2.22 bits per heavy atom. The summed E-state index contributed by atoms with van der Waals surface area (Å²) in [5, 5.41) is 7.51. The molecule has 0 aromatic heterocycles.